The SMILES string of the molecule is CCNC(CCc1ccco1)CCC(C)C. The lowest BCUT2D eigenvalue weighted by molar-refractivity contribution is 0.401. The molecule has 1 heterocycles. The maximum absolute atomic E-state index is 5.36. The van der Waals surface area contributed by atoms with E-state index in [0.29, 0.717) is 6.04 Å². The van der Waals surface area contributed by atoms with E-state index in [-0.39, 0.29) is 0 Å². The van der Waals surface area contributed by atoms with Crippen molar-refractivity contribution in [1.29, 1.82) is 0 Å². The van der Waals surface area contributed by atoms with E-state index in [1.807, 2.05) is 6.07 Å². The van der Waals surface area contributed by atoms with Crippen LogP contribution in [0.3, 0.4) is 0 Å². The lowest BCUT2D eigenvalue weighted by atomic mass is 9.99. The summed E-state index contributed by atoms with van der Waals surface area (Å²) in [4.78, 5) is 0. The number of nitrogens with one attached hydrogen (secondary N) is 1. The van der Waals surface area contributed by atoms with Gasteiger partial charge in [0.25, 0.3) is 0 Å². The highest BCUT2D eigenvalue weighted by Gasteiger charge is 2.09. The summed E-state index contributed by atoms with van der Waals surface area (Å²) in [7, 11) is 0. The molecule has 0 bridgehead atoms. The summed E-state index contributed by atoms with van der Waals surface area (Å²) in [5.74, 6) is 1.90. The number of rotatable bonds is 8. The first-order chi connectivity index (χ1) is 7.72. The average molecular weight is 223 g/mol. The topological polar surface area (TPSA) is 25.2 Å². The second-order valence-electron chi connectivity index (χ2n) is 4.84. The molecule has 1 N–H and O–H groups in total. The van der Waals surface area contributed by atoms with Crippen LogP contribution in [0.2, 0.25) is 0 Å². The van der Waals surface area contributed by atoms with Gasteiger partial charge in [-0.3, -0.25) is 0 Å². The van der Waals surface area contributed by atoms with E-state index >= 15 is 0 Å². The molecule has 0 aromatic carbocycles. The third kappa shape index (κ3) is 5.36. The van der Waals surface area contributed by atoms with E-state index in [1.165, 1.54) is 19.3 Å². The molecule has 1 atom stereocenters. The normalized spacial score (nSPS) is 13.2. The molecule has 1 unspecified atom stereocenters. The second kappa shape index (κ2) is 7.50. The Balaban J connectivity index is 2.27. The molecule has 0 saturated carbocycles. The predicted octanol–water partition coefficient (Wildman–Crippen LogP) is 3.63. The van der Waals surface area contributed by atoms with Gasteiger partial charge in [0, 0.05) is 12.5 Å². The predicted molar refractivity (Wildman–Crippen MR) is 68.6 cm³/mol. The van der Waals surface area contributed by atoms with Crippen LogP contribution >= 0.6 is 0 Å². The zero-order valence-electron chi connectivity index (χ0n) is 10.8. The van der Waals surface area contributed by atoms with Gasteiger partial charge in [-0.05, 0) is 43.9 Å². The lowest BCUT2D eigenvalue weighted by Gasteiger charge is -2.18. The van der Waals surface area contributed by atoms with E-state index < -0.39 is 0 Å². The van der Waals surface area contributed by atoms with Crippen LogP contribution in [0, 0.1) is 5.92 Å². The van der Waals surface area contributed by atoms with E-state index in [4.69, 9.17) is 4.42 Å². The van der Waals surface area contributed by atoms with Crippen LogP contribution in [0.15, 0.2) is 22.8 Å². The molecule has 2 nitrogen and oxygen atoms in total. The summed E-state index contributed by atoms with van der Waals surface area (Å²) < 4.78 is 5.36. The highest BCUT2D eigenvalue weighted by Crippen LogP contribution is 2.12. The molecule has 0 aliphatic rings. The van der Waals surface area contributed by atoms with Crippen molar-refractivity contribution >= 4 is 0 Å². The Morgan fingerprint density at radius 1 is 1.25 bits per heavy atom. The Labute approximate surface area is 99.4 Å². The van der Waals surface area contributed by atoms with Crippen LogP contribution < -0.4 is 5.32 Å². The van der Waals surface area contributed by atoms with Crippen molar-refractivity contribution in [2.75, 3.05) is 6.54 Å². The molecule has 2 heteroatoms. The van der Waals surface area contributed by atoms with Gasteiger partial charge in [0.05, 0.1) is 6.26 Å². The Hall–Kier alpha value is -0.760. The number of furan rings is 1. The van der Waals surface area contributed by atoms with E-state index in [9.17, 15) is 0 Å². The largest absolute Gasteiger partial charge is 0.469 e. The van der Waals surface area contributed by atoms with Crippen LogP contribution in [-0.2, 0) is 6.42 Å². The molecule has 16 heavy (non-hydrogen) atoms. The van der Waals surface area contributed by atoms with Crippen molar-refractivity contribution < 1.29 is 4.42 Å². The summed E-state index contributed by atoms with van der Waals surface area (Å²) in [6.45, 7) is 7.81. The number of hydrogen-bond acceptors (Lipinski definition) is 2. The minimum Gasteiger partial charge on any atom is -0.469 e. The lowest BCUT2D eigenvalue weighted by Crippen LogP contribution is -2.29. The summed E-state index contributed by atoms with van der Waals surface area (Å²) in [6, 6.07) is 4.66. The van der Waals surface area contributed by atoms with Crippen LogP contribution in [0.4, 0.5) is 0 Å². The maximum Gasteiger partial charge on any atom is 0.103 e. The Kier molecular flexibility index (Phi) is 6.24. The van der Waals surface area contributed by atoms with Crippen molar-refractivity contribution in [3.63, 3.8) is 0 Å². The van der Waals surface area contributed by atoms with Gasteiger partial charge in [0.15, 0.2) is 0 Å². The molecule has 0 radical (unpaired) electrons. The zero-order valence-corrected chi connectivity index (χ0v) is 10.8. The van der Waals surface area contributed by atoms with Crippen LogP contribution in [0.1, 0.15) is 45.8 Å². The molecule has 1 rings (SSSR count). The highest BCUT2D eigenvalue weighted by atomic mass is 16.3. The van der Waals surface area contributed by atoms with Gasteiger partial charge in [0.2, 0.25) is 0 Å². The molecule has 0 aliphatic carbocycles. The average Bonchev–Trinajstić information content (AvgIpc) is 2.75. The third-order valence-electron chi connectivity index (χ3n) is 2.90. The molecular weight excluding hydrogens is 198 g/mol. The van der Waals surface area contributed by atoms with Crippen molar-refractivity contribution in [2.45, 2.75) is 52.5 Å². The Bertz CT molecular complexity index is 254. The standard InChI is InChI=1S/C14H25NO/c1-4-15-13(8-7-12(2)3)9-10-14-6-5-11-16-14/h5-6,11-13,15H,4,7-10H2,1-3H3. The molecule has 0 fully saturated rings. The smallest absolute Gasteiger partial charge is 0.103 e. The van der Waals surface area contributed by atoms with Crippen LogP contribution in [0.5, 0.6) is 0 Å². The van der Waals surface area contributed by atoms with Gasteiger partial charge >= 0.3 is 0 Å². The van der Waals surface area contributed by atoms with Crippen LogP contribution in [0.25, 0.3) is 0 Å². The molecular formula is C14H25NO. The minimum atomic E-state index is 0.637. The van der Waals surface area contributed by atoms with Crippen molar-refractivity contribution in [1.82, 2.24) is 5.32 Å². The first kappa shape index (κ1) is 13.3. The fraction of sp³-hybridized carbons (Fsp3) is 0.714. The summed E-state index contributed by atoms with van der Waals surface area (Å²) >= 11 is 0. The zero-order chi connectivity index (χ0) is 11.8. The van der Waals surface area contributed by atoms with Gasteiger partial charge in [-0.15, -0.1) is 0 Å². The third-order valence-corrected chi connectivity index (χ3v) is 2.90. The minimum absolute atomic E-state index is 0.637. The maximum atomic E-state index is 5.36. The molecule has 1 aromatic heterocycles. The molecule has 0 amide bonds. The van der Waals surface area contributed by atoms with E-state index in [2.05, 4.69) is 32.2 Å². The van der Waals surface area contributed by atoms with Crippen molar-refractivity contribution in [3.8, 4) is 0 Å². The highest BCUT2D eigenvalue weighted by molar-refractivity contribution is 4.98. The van der Waals surface area contributed by atoms with Gasteiger partial charge < -0.3 is 9.73 Å². The summed E-state index contributed by atoms with van der Waals surface area (Å²) in [5, 5.41) is 3.56. The molecule has 92 valence electrons. The molecule has 0 aliphatic heterocycles. The van der Waals surface area contributed by atoms with E-state index in [0.717, 1.165) is 24.6 Å². The van der Waals surface area contributed by atoms with Gasteiger partial charge in [0.1, 0.15) is 5.76 Å². The number of hydrogen-bond donors (Lipinski definition) is 1. The fourth-order valence-corrected chi connectivity index (χ4v) is 1.94. The summed E-state index contributed by atoms with van der Waals surface area (Å²) in [6.07, 6.45) is 6.55. The quantitative estimate of drug-likeness (QED) is 0.728. The first-order valence-corrected chi connectivity index (χ1v) is 6.48. The van der Waals surface area contributed by atoms with Gasteiger partial charge in [-0.1, -0.05) is 20.8 Å². The Morgan fingerprint density at radius 2 is 2.06 bits per heavy atom. The molecule has 0 spiro atoms. The van der Waals surface area contributed by atoms with Gasteiger partial charge in [-0.25, -0.2) is 0 Å². The molecule has 0 saturated heterocycles. The first-order valence-electron chi connectivity index (χ1n) is 6.48. The van der Waals surface area contributed by atoms with Crippen molar-refractivity contribution in [2.24, 2.45) is 5.92 Å². The second-order valence-corrected chi connectivity index (χ2v) is 4.84. The summed E-state index contributed by atoms with van der Waals surface area (Å²) in [5.41, 5.74) is 0. The van der Waals surface area contributed by atoms with E-state index in [1.54, 1.807) is 6.26 Å². The fourth-order valence-electron chi connectivity index (χ4n) is 1.94. The Morgan fingerprint density at radius 3 is 2.62 bits per heavy atom. The molecule has 1 aromatic rings. The number of aryl methyl sites for hydroxylation is 1. The monoisotopic (exact) mass is 223 g/mol. The van der Waals surface area contributed by atoms with Crippen molar-refractivity contribution in [3.05, 3.63) is 24.2 Å². The van der Waals surface area contributed by atoms with Gasteiger partial charge in [-0.2, -0.15) is 0 Å². The van der Waals surface area contributed by atoms with Crippen LogP contribution in [-0.4, -0.2) is 12.6 Å².